The van der Waals surface area contributed by atoms with Gasteiger partial charge in [-0.25, -0.2) is 9.97 Å². The van der Waals surface area contributed by atoms with Crippen molar-refractivity contribution in [2.24, 2.45) is 11.5 Å². The van der Waals surface area contributed by atoms with Crippen LogP contribution in [0.15, 0.2) is 78.6 Å². The van der Waals surface area contributed by atoms with Gasteiger partial charge in [0.2, 0.25) is 0 Å². The van der Waals surface area contributed by atoms with Gasteiger partial charge < -0.3 is 11.5 Å². The Kier molecular flexibility index (Phi) is 9.57. The van der Waals surface area contributed by atoms with Crippen LogP contribution >= 0.6 is 23.2 Å². The predicted molar refractivity (Wildman–Crippen MR) is 133 cm³/mol. The van der Waals surface area contributed by atoms with Crippen LogP contribution in [-0.2, 0) is 0 Å². The lowest BCUT2D eigenvalue weighted by atomic mass is 10.1. The highest BCUT2D eigenvalue weighted by atomic mass is 35.5. The maximum absolute atomic E-state index is 5.95. The number of aromatic nitrogens is 2. The Morgan fingerprint density at radius 2 is 1.65 bits per heavy atom. The van der Waals surface area contributed by atoms with E-state index in [1.165, 1.54) is 0 Å². The summed E-state index contributed by atoms with van der Waals surface area (Å²) in [5.41, 5.74) is 15.8. The molecule has 31 heavy (non-hydrogen) atoms. The highest BCUT2D eigenvalue weighted by Crippen LogP contribution is 2.21. The molecule has 0 fully saturated rings. The number of rotatable bonds is 5. The van der Waals surface area contributed by atoms with Gasteiger partial charge in [-0.3, -0.25) is 0 Å². The first kappa shape index (κ1) is 24.4. The van der Waals surface area contributed by atoms with Crippen LogP contribution < -0.4 is 11.5 Å². The van der Waals surface area contributed by atoms with E-state index < -0.39 is 0 Å². The van der Waals surface area contributed by atoms with Crippen LogP contribution in [0.25, 0.3) is 17.0 Å². The van der Waals surface area contributed by atoms with Crippen LogP contribution in [0.4, 0.5) is 0 Å². The zero-order valence-electron chi connectivity index (χ0n) is 18.0. The van der Waals surface area contributed by atoms with Crippen molar-refractivity contribution in [1.29, 1.82) is 0 Å². The Morgan fingerprint density at radius 1 is 0.968 bits per heavy atom. The van der Waals surface area contributed by atoms with E-state index in [9.17, 15) is 0 Å². The van der Waals surface area contributed by atoms with E-state index in [4.69, 9.17) is 34.7 Å². The summed E-state index contributed by atoms with van der Waals surface area (Å²) in [4.78, 5) is 8.76. The molecule has 0 unspecified atom stereocenters. The van der Waals surface area contributed by atoms with Gasteiger partial charge in [0.05, 0.1) is 5.69 Å². The van der Waals surface area contributed by atoms with Crippen LogP contribution in [0.3, 0.4) is 0 Å². The molecule has 0 aliphatic rings. The zero-order chi connectivity index (χ0) is 22.8. The van der Waals surface area contributed by atoms with Gasteiger partial charge in [-0.15, -0.1) is 0 Å². The molecular formula is C25H28Cl2N4. The molecule has 3 rings (SSSR count). The van der Waals surface area contributed by atoms with Crippen LogP contribution in [0, 0.1) is 0 Å². The smallest absolute Gasteiger partial charge is 0.131 e. The average Bonchev–Trinajstić information content (AvgIpc) is 2.77. The van der Waals surface area contributed by atoms with Gasteiger partial charge in [0.25, 0.3) is 0 Å². The van der Waals surface area contributed by atoms with E-state index in [1.54, 1.807) is 12.3 Å². The molecule has 0 bridgehead atoms. The Morgan fingerprint density at radius 3 is 2.26 bits per heavy atom. The first-order valence-electron chi connectivity index (χ1n) is 10.1. The number of allylic oxidation sites excluding steroid dienone is 3. The third-order valence-electron chi connectivity index (χ3n) is 4.35. The summed E-state index contributed by atoms with van der Waals surface area (Å²) in [6.07, 6.45) is 6.22. The summed E-state index contributed by atoms with van der Waals surface area (Å²) in [7, 11) is 0. The molecule has 162 valence electrons. The van der Waals surface area contributed by atoms with Crippen LogP contribution in [-0.4, -0.2) is 9.97 Å². The third-order valence-corrected chi connectivity index (χ3v) is 4.82. The molecule has 0 saturated carbocycles. The van der Waals surface area contributed by atoms with Gasteiger partial charge >= 0.3 is 0 Å². The highest BCUT2D eigenvalue weighted by molar-refractivity contribution is 6.31. The molecule has 0 aliphatic heterocycles. The summed E-state index contributed by atoms with van der Waals surface area (Å²) in [6, 6.07) is 17.0. The standard InChI is InChI=1S/C13H13ClN2.C12H15ClN2/c1-9(2)13-15-7-6-12(16-13)10-4-3-5-11(14)8-10;1-2-11(14)6-7-12(15)9-4-3-5-10(13)8-9/h3-9H,1-2H3;3-8H,2,14-15H2,1H3/b;11-6-,12-7-. The van der Waals surface area contributed by atoms with Gasteiger partial charge in [-0.2, -0.15) is 0 Å². The molecule has 0 amide bonds. The number of hydrogen-bond donors (Lipinski definition) is 2. The molecule has 4 N–H and O–H groups in total. The van der Waals surface area contributed by atoms with Crippen LogP contribution in [0.5, 0.6) is 0 Å². The Bertz CT molecular complexity index is 1060. The van der Waals surface area contributed by atoms with Crippen molar-refractivity contribution in [2.45, 2.75) is 33.1 Å². The second kappa shape index (κ2) is 12.1. The SMILES string of the molecule is CC(C)c1nccc(-c2cccc(Cl)c2)n1.CC/C(N)=C/C=C(\N)c1cccc(Cl)c1. The zero-order valence-corrected chi connectivity index (χ0v) is 19.5. The molecular weight excluding hydrogens is 427 g/mol. The van der Waals surface area contributed by atoms with E-state index in [1.807, 2.05) is 67.6 Å². The van der Waals surface area contributed by atoms with Gasteiger partial charge in [0.15, 0.2) is 0 Å². The van der Waals surface area contributed by atoms with Crippen LogP contribution in [0.1, 0.15) is 44.5 Å². The highest BCUT2D eigenvalue weighted by Gasteiger charge is 2.05. The van der Waals surface area contributed by atoms with Crippen molar-refractivity contribution in [3.63, 3.8) is 0 Å². The number of nitrogens with two attached hydrogens (primary N) is 2. The molecule has 0 atom stereocenters. The van der Waals surface area contributed by atoms with E-state index in [0.717, 1.165) is 39.8 Å². The van der Waals surface area contributed by atoms with Crippen LogP contribution in [0.2, 0.25) is 10.0 Å². The van der Waals surface area contributed by atoms with Gasteiger partial charge in [-0.05, 0) is 54.5 Å². The molecule has 0 saturated heterocycles. The minimum absolute atomic E-state index is 0.333. The average molecular weight is 455 g/mol. The van der Waals surface area contributed by atoms with E-state index in [0.29, 0.717) is 16.6 Å². The lowest BCUT2D eigenvalue weighted by molar-refractivity contribution is 0.776. The lowest BCUT2D eigenvalue weighted by Crippen LogP contribution is -1.97. The largest absolute Gasteiger partial charge is 0.402 e. The predicted octanol–water partition coefficient (Wildman–Crippen LogP) is 6.81. The molecule has 3 aromatic rings. The third kappa shape index (κ3) is 8.08. The second-order valence-corrected chi connectivity index (χ2v) is 8.07. The molecule has 0 spiro atoms. The number of benzene rings is 2. The molecule has 1 heterocycles. The summed E-state index contributed by atoms with van der Waals surface area (Å²) < 4.78 is 0. The minimum atomic E-state index is 0.333. The molecule has 6 heteroatoms. The van der Waals surface area contributed by atoms with Gasteiger partial charge in [0.1, 0.15) is 5.82 Å². The Labute approximate surface area is 194 Å². The summed E-state index contributed by atoms with van der Waals surface area (Å²) in [5, 5.41) is 1.40. The van der Waals surface area contributed by atoms with E-state index in [-0.39, 0.29) is 0 Å². The molecule has 0 radical (unpaired) electrons. The fourth-order valence-corrected chi connectivity index (χ4v) is 2.92. The fraction of sp³-hybridized carbons (Fsp3) is 0.200. The maximum Gasteiger partial charge on any atom is 0.131 e. The lowest BCUT2D eigenvalue weighted by Gasteiger charge is -2.06. The van der Waals surface area contributed by atoms with Crippen molar-refractivity contribution >= 4 is 28.9 Å². The van der Waals surface area contributed by atoms with Crippen molar-refractivity contribution in [3.8, 4) is 11.3 Å². The van der Waals surface area contributed by atoms with Crippen molar-refractivity contribution in [1.82, 2.24) is 9.97 Å². The van der Waals surface area contributed by atoms with Crippen molar-refractivity contribution < 1.29 is 0 Å². The Hall–Kier alpha value is -2.82. The quantitative estimate of drug-likeness (QED) is 0.414. The maximum atomic E-state index is 5.95. The van der Waals surface area contributed by atoms with Crippen molar-refractivity contribution in [2.75, 3.05) is 0 Å². The monoisotopic (exact) mass is 454 g/mol. The first-order chi connectivity index (χ1) is 14.8. The summed E-state index contributed by atoms with van der Waals surface area (Å²) in [5.74, 6) is 1.19. The molecule has 4 nitrogen and oxygen atoms in total. The molecule has 0 aliphatic carbocycles. The fourth-order valence-electron chi connectivity index (χ4n) is 2.54. The first-order valence-corrected chi connectivity index (χ1v) is 10.8. The van der Waals surface area contributed by atoms with Crippen molar-refractivity contribution in [3.05, 3.63) is 100 Å². The van der Waals surface area contributed by atoms with E-state index in [2.05, 4.69) is 23.8 Å². The normalized spacial score (nSPS) is 11.8. The topological polar surface area (TPSA) is 77.8 Å². The van der Waals surface area contributed by atoms with Gasteiger partial charge in [-0.1, -0.05) is 68.2 Å². The Balaban J connectivity index is 0.000000221. The minimum Gasteiger partial charge on any atom is -0.402 e. The van der Waals surface area contributed by atoms with E-state index >= 15 is 0 Å². The number of nitrogens with zero attached hydrogens (tertiary/aromatic N) is 2. The van der Waals surface area contributed by atoms with Gasteiger partial charge in [0, 0.05) is 39.1 Å². The number of hydrogen-bond acceptors (Lipinski definition) is 4. The molecule has 1 aromatic heterocycles. The summed E-state index contributed by atoms with van der Waals surface area (Å²) in [6.45, 7) is 6.16. The molecule has 2 aromatic carbocycles. The second-order valence-electron chi connectivity index (χ2n) is 7.19. The summed E-state index contributed by atoms with van der Waals surface area (Å²) >= 11 is 11.8. The number of halogens is 2.